The molecule has 1 heterocycles. The van der Waals surface area contributed by atoms with E-state index >= 15 is 0 Å². The zero-order chi connectivity index (χ0) is 10.7. The van der Waals surface area contributed by atoms with Crippen molar-refractivity contribution in [1.82, 2.24) is 10.3 Å². The molecule has 2 rings (SSSR count). The van der Waals surface area contributed by atoms with Gasteiger partial charge in [0.2, 0.25) is 0 Å². The predicted molar refractivity (Wildman–Crippen MR) is 62.9 cm³/mol. The Labute approximate surface area is 96.1 Å². The van der Waals surface area contributed by atoms with E-state index in [2.05, 4.69) is 17.2 Å². The molecule has 3 heteroatoms. The maximum absolute atomic E-state index is 5.72. The van der Waals surface area contributed by atoms with Crippen LogP contribution < -0.4 is 5.32 Å². The molecule has 1 saturated carbocycles. The largest absolute Gasteiger partial charge is 0.310 e. The minimum Gasteiger partial charge on any atom is -0.310 e. The van der Waals surface area contributed by atoms with Crippen LogP contribution in [0.2, 0.25) is 5.15 Å². The van der Waals surface area contributed by atoms with E-state index in [9.17, 15) is 0 Å². The number of hydrogen-bond acceptors (Lipinski definition) is 2. The lowest BCUT2D eigenvalue weighted by molar-refractivity contribution is 0.487. The van der Waals surface area contributed by atoms with Gasteiger partial charge in [-0.3, -0.25) is 0 Å². The lowest BCUT2D eigenvalue weighted by atomic mass is 10.1. The third kappa shape index (κ3) is 3.80. The second kappa shape index (κ2) is 4.95. The standard InChI is InChI=1S/C12H17ClN2/c1-9(6-10-2-3-10)14-7-11-4-5-12(13)15-8-11/h4-5,8-10,14H,2-3,6-7H2,1H3. The molecule has 82 valence electrons. The fourth-order valence-corrected chi connectivity index (χ4v) is 1.85. The van der Waals surface area contributed by atoms with Gasteiger partial charge in [-0.1, -0.05) is 30.5 Å². The van der Waals surface area contributed by atoms with Gasteiger partial charge in [-0.05, 0) is 30.9 Å². The Bertz CT molecular complexity index is 306. The van der Waals surface area contributed by atoms with Gasteiger partial charge in [0.05, 0.1) is 0 Å². The molecule has 15 heavy (non-hydrogen) atoms. The van der Waals surface area contributed by atoms with E-state index < -0.39 is 0 Å². The average Bonchev–Trinajstić information content (AvgIpc) is 3.01. The molecule has 1 aromatic rings. The van der Waals surface area contributed by atoms with Crippen LogP contribution in [0.5, 0.6) is 0 Å². The van der Waals surface area contributed by atoms with Crippen LogP contribution in [0.15, 0.2) is 18.3 Å². The number of pyridine rings is 1. The summed E-state index contributed by atoms with van der Waals surface area (Å²) in [5.41, 5.74) is 1.20. The fourth-order valence-electron chi connectivity index (χ4n) is 1.74. The highest BCUT2D eigenvalue weighted by Gasteiger charge is 2.23. The summed E-state index contributed by atoms with van der Waals surface area (Å²) in [6, 6.07) is 4.46. The van der Waals surface area contributed by atoms with Gasteiger partial charge in [-0.25, -0.2) is 4.98 Å². The van der Waals surface area contributed by atoms with E-state index in [1.807, 2.05) is 18.3 Å². The van der Waals surface area contributed by atoms with E-state index in [1.165, 1.54) is 24.8 Å². The zero-order valence-corrected chi connectivity index (χ0v) is 9.80. The maximum atomic E-state index is 5.72. The van der Waals surface area contributed by atoms with Gasteiger partial charge in [0.25, 0.3) is 0 Å². The summed E-state index contributed by atoms with van der Waals surface area (Å²) < 4.78 is 0. The smallest absolute Gasteiger partial charge is 0.129 e. The Balaban J connectivity index is 1.74. The minimum absolute atomic E-state index is 0.560. The van der Waals surface area contributed by atoms with Gasteiger partial charge in [0, 0.05) is 18.8 Å². The summed E-state index contributed by atoms with van der Waals surface area (Å²) in [7, 11) is 0. The summed E-state index contributed by atoms with van der Waals surface area (Å²) in [4.78, 5) is 4.06. The first-order valence-corrected chi connectivity index (χ1v) is 5.95. The second-order valence-electron chi connectivity index (χ2n) is 4.45. The number of halogens is 1. The molecule has 0 aliphatic heterocycles. The van der Waals surface area contributed by atoms with Crippen LogP contribution in [0.4, 0.5) is 0 Å². The summed E-state index contributed by atoms with van der Waals surface area (Å²) in [6.07, 6.45) is 5.99. The van der Waals surface area contributed by atoms with Gasteiger partial charge in [0.15, 0.2) is 0 Å². The summed E-state index contributed by atoms with van der Waals surface area (Å²) in [5.74, 6) is 0.982. The molecule has 0 spiro atoms. The number of rotatable bonds is 5. The van der Waals surface area contributed by atoms with Crippen molar-refractivity contribution < 1.29 is 0 Å². The number of aromatic nitrogens is 1. The maximum Gasteiger partial charge on any atom is 0.129 e. The number of nitrogens with one attached hydrogen (secondary N) is 1. The average molecular weight is 225 g/mol. The summed E-state index contributed by atoms with van der Waals surface area (Å²) in [5, 5.41) is 4.07. The molecule has 1 aliphatic rings. The van der Waals surface area contributed by atoms with Crippen LogP contribution in [0.3, 0.4) is 0 Å². The van der Waals surface area contributed by atoms with Crippen LogP contribution in [-0.4, -0.2) is 11.0 Å². The van der Waals surface area contributed by atoms with Gasteiger partial charge < -0.3 is 5.32 Å². The van der Waals surface area contributed by atoms with Crippen LogP contribution in [-0.2, 0) is 6.54 Å². The van der Waals surface area contributed by atoms with Crippen molar-refractivity contribution in [3.63, 3.8) is 0 Å². The van der Waals surface area contributed by atoms with Gasteiger partial charge in [-0.15, -0.1) is 0 Å². The SMILES string of the molecule is CC(CC1CC1)NCc1ccc(Cl)nc1. The van der Waals surface area contributed by atoms with Crippen molar-refractivity contribution >= 4 is 11.6 Å². The molecule has 0 radical (unpaired) electrons. The fraction of sp³-hybridized carbons (Fsp3) is 0.583. The quantitative estimate of drug-likeness (QED) is 0.778. The van der Waals surface area contributed by atoms with Crippen molar-refractivity contribution in [2.45, 2.75) is 38.8 Å². The molecule has 1 fully saturated rings. The van der Waals surface area contributed by atoms with Gasteiger partial charge in [-0.2, -0.15) is 0 Å². The summed E-state index contributed by atoms with van der Waals surface area (Å²) >= 11 is 5.72. The summed E-state index contributed by atoms with van der Waals surface area (Å²) in [6.45, 7) is 3.14. The Kier molecular flexibility index (Phi) is 3.60. The topological polar surface area (TPSA) is 24.9 Å². The predicted octanol–water partition coefficient (Wildman–Crippen LogP) is 3.01. The molecule has 1 aromatic heterocycles. The second-order valence-corrected chi connectivity index (χ2v) is 4.84. The molecule has 1 atom stereocenters. The lowest BCUT2D eigenvalue weighted by Gasteiger charge is -2.12. The first-order valence-electron chi connectivity index (χ1n) is 5.58. The van der Waals surface area contributed by atoms with Crippen molar-refractivity contribution in [1.29, 1.82) is 0 Å². The van der Waals surface area contributed by atoms with Crippen molar-refractivity contribution in [3.8, 4) is 0 Å². The monoisotopic (exact) mass is 224 g/mol. The molecule has 0 bridgehead atoms. The molecule has 0 aromatic carbocycles. The minimum atomic E-state index is 0.560. The van der Waals surface area contributed by atoms with E-state index in [-0.39, 0.29) is 0 Å². The zero-order valence-electron chi connectivity index (χ0n) is 9.04. The van der Waals surface area contributed by atoms with Gasteiger partial charge in [0.1, 0.15) is 5.15 Å². The van der Waals surface area contributed by atoms with Crippen molar-refractivity contribution in [2.75, 3.05) is 0 Å². The van der Waals surface area contributed by atoms with E-state index in [0.29, 0.717) is 11.2 Å². The molecule has 0 amide bonds. The molecule has 0 saturated heterocycles. The van der Waals surface area contributed by atoms with Crippen molar-refractivity contribution in [3.05, 3.63) is 29.0 Å². The highest BCUT2D eigenvalue weighted by Crippen LogP contribution is 2.33. The van der Waals surface area contributed by atoms with Crippen molar-refractivity contribution in [2.24, 2.45) is 5.92 Å². The van der Waals surface area contributed by atoms with Crippen LogP contribution in [0, 0.1) is 5.92 Å². The number of hydrogen-bond donors (Lipinski definition) is 1. The highest BCUT2D eigenvalue weighted by molar-refractivity contribution is 6.29. The third-order valence-corrected chi connectivity index (χ3v) is 3.05. The highest BCUT2D eigenvalue weighted by atomic mass is 35.5. The van der Waals surface area contributed by atoms with Crippen LogP contribution >= 0.6 is 11.6 Å². The molecule has 1 N–H and O–H groups in total. The first-order chi connectivity index (χ1) is 7.24. The van der Waals surface area contributed by atoms with E-state index in [1.54, 1.807) is 0 Å². The van der Waals surface area contributed by atoms with Crippen LogP contribution in [0.1, 0.15) is 31.7 Å². The molecular weight excluding hydrogens is 208 g/mol. The Morgan fingerprint density at radius 3 is 2.93 bits per heavy atom. The normalized spacial score (nSPS) is 17.7. The van der Waals surface area contributed by atoms with Gasteiger partial charge >= 0.3 is 0 Å². The Hall–Kier alpha value is -0.600. The molecule has 1 unspecified atom stereocenters. The third-order valence-electron chi connectivity index (χ3n) is 2.83. The molecule has 1 aliphatic carbocycles. The lowest BCUT2D eigenvalue weighted by Crippen LogP contribution is -2.25. The first kappa shape index (κ1) is 10.9. The molecular formula is C12H17ClN2. The van der Waals surface area contributed by atoms with E-state index in [4.69, 9.17) is 11.6 Å². The molecule has 2 nitrogen and oxygen atoms in total. The van der Waals surface area contributed by atoms with E-state index in [0.717, 1.165) is 12.5 Å². The van der Waals surface area contributed by atoms with Crippen LogP contribution in [0.25, 0.3) is 0 Å². The Morgan fingerprint density at radius 1 is 1.53 bits per heavy atom. The Morgan fingerprint density at radius 2 is 2.33 bits per heavy atom. The number of nitrogens with zero attached hydrogens (tertiary/aromatic N) is 1.